The summed E-state index contributed by atoms with van der Waals surface area (Å²) in [5.74, 6) is 0.973. The molecule has 0 radical (unpaired) electrons. The highest BCUT2D eigenvalue weighted by Crippen LogP contribution is 2.54. The van der Waals surface area contributed by atoms with Crippen LogP contribution in [-0.2, 0) is 7.05 Å². The molecule has 4 heteroatoms. The third-order valence-corrected chi connectivity index (χ3v) is 4.78. The maximum Gasteiger partial charge on any atom is 0.254 e. The maximum atomic E-state index is 11.9. The van der Waals surface area contributed by atoms with Gasteiger partial charge < -0.3 is 5.73 Å². The first kappa shape index (κ1) is 14.7. The van der Waals surface area contributed by atoms with Crippen LogP contribution in [0.2, 0.25) is 0 Å². The zero-order valence-corrected chi connectivity index (χ0v) is 13.5. The lowest BCUT2D eigenvalue weighted by Crippen LogP contribution is -2.21. The molecule has 2 atom stereocenters. The van der Waals surface area contributed by atoms with E-state index in [1.165, 1.54) is 21.3 Å². The Balaban J connectivity index is 1.62. The summed E-state index contributed by atoms with van der Waals surface area (Å²) >= 11 is 0. The molecule has 1 fully saturated rings. The average Bonchev–Trinajstić information content (AvgIpc) is 3.41. The van der Waals surface area contributed by atoms with E-state index in [2.05, 4.69) is 41.4 Å². The number of anilines is 1. The van der Waals surface area contributed by atoms with E-state index in [9.17, 15) is 4.79 Å². The van der Waals surface area contributed by atoms with Gasteiger partial charge in [-0.15, -0.1) is 0 Å². The van der Waals surface area contributed by atoms with Crippen LogP contribution in [0.5, 0.6) is 0 Å². The molecule has 0 bridgehead atoms. The van der Waals surface area contributed by atoms with E-state index in [1.54, 1.807) is 13.1 Å². The predicted molar refractivity (Wildman–Crippen MR) is 95.9 cm³/mol. The summed E-state index contributed by atoms with van der Waals surface area (Å²) in [6, 6.07) is 20.6. The summed E-state index contributed by atoms with van der Waals surface area (Å²) in [7, 11) is 1.64. The van der Waals surface area contributed by atoms with Crippen molar-refractivity contribution in [1.82, 2.24) is 9.55 Å². The Morgan fingerprint density at radius 2 is 1.75 bits per heavy atom. The van der Waals surface area contributed by atoms with E-state index in [0.29, 0.717) is 5.92 Å². The number of hydrogen-bond acceptors (Lipinski definition) is 3. The van der Waals surface area contributed by atoms with Crippen LogP contribution in [0.25, 0.3) is 11.1 Å². The van der Waals surface area contributed by atoms with Crippen LogP contribution in [0.3, 0.4) is 0 Å². The van der Waals surface area contributed by atoms with Crippen molar-refractivity contribution in [2.24, 2.45) is 7.05 Å². The molecule has 0 aliphatic heterocycles. The number of rotatable bonds is 3. The van der Waals surface area contributed by atoms with Gasteiger partial charge in [-0.25, -0.2) is 4.98 Å². The summed E-state index contributed by atoms with van der Waals surface area (Å²) in [5, 5.41) is 0. The molecule has 2 aromatic carbocycles. The van der Waals surface area contributed by atoms with Gasteiger partial charge in [-0.1, -0.05) is 54.6 Å². The van der Waals surface area contributed by atoms with Crippen LogP contribution in [0.15, 0.2) is 65.5 Å². The summed E-state index contributed by atoms with van der Waals surface area (Å²) < 4.78 is 1.37. The molecule has 1 heterocycles. The van der Waals surface area contributed by atoms with Crippen LogP contribution < -0.4 is 11.3 Å². The SMILES string of the molecule is Cn1c(N)nc([C@H]2C[C@H]2c2cccc(-c3ccccc3)c2)cc1=O. The standard InChI is InChI=1S/C20H19N3O/c1-23-19(24)12-18(22-20(23)21)17-11-16(17)15-9-5-8-14(10-15)13-6-3-2-4-7-13/h2-10,12,16-17H,11H2,1H3,(H2,21,22)/t16-,17-/m0/s1. The second-order valence-corrected chi connectivity index (χ2v) is 6.38. The molecule has 4 nitrogen and oxygen atoms in total. The van der Waals surface area contributed by atoms with Gasteiger partial charge in [0.2, 0.25) is 5.95 Å². The number of nitrogens with zero attached hydrogens (tertiary/aromatic N) is 2. The van der Waals surface area contributed by atoms with Gasteiger partial charge in [0.15, 0.2) is 0 Å². The smallest absolute Gasteiger partial charge is 0.254 e. The van der Waals surface area contributed by atoms with Gasteiger partial charge in [0.1, 0.15) is 0 Å². The first-order chi connectivity index (χ1) is 11.6. The largest absolute Gasteiger partial charge is 0.369 e. The summed E-state index contributed by atoms with van der Waals surface area (Å²) in [6.45, 7) is 0. The molecule has 0 saturated heterocycles. The number of benzene rings is 2. The Kier molecular flexibility index (Phi) is 3.45. The fraction of sp³-hybridized carbons (Fsp3) is 0.200. The molecule has 0 unspecified atom stereocenters. The van der Waals surface area contributed by atoms with Crippen LogP contribution in [-0.4, -0.2) is 9.55 Å². The highest BCUT2D eigenvalue weighted by atomic mass is 16.1. The van der Waals surface area contributed by atoms with E-state index >= 15 is 0 Å². The minimum Gasteiger partial charge on any atom is -0.369 e. The van der Waals surface area contributed by atoms with Crippen molar-refractivity contribution in [3.8, 4) is 11.1 Å². The third kappa shape index (κ3) is 2.60. The third-order valence-electron chi connectivity index (χ3n) is 4.78. The fourth-order valence-corrected chi connectivity index (χ4v) is 3.24. The second kappa shape index (κ2) is 5.64. The van der Waals surface area contributed by atoms with Crippen molar-refractivity contribution in [1.29, 1.82) is 0 Å². The monoisotopic (exact) mass is 317 g/mol. The molecule has 120 valence electrons. The molecule has 1 aromatic heterocycles. The minimum absolute atomic E-state index is 0.0961. The first-order valence-electron chi connectivity index (χ1n) is 8.12. The normalized spacial score (nSPS) is 19.2. The average molecular weight is 317 g/mol. The van der Waals surface area contributed by atoms with Gasteiger partial charge in [0.25, 0.3) is 5.56 Å². The van der Waals surface area contributed by atoms with Gasteiger partial charge in [-0.3, -0.25) is 9.36 Å². The highest BCUT2D eigenvalue weighted by molar-refractivity contribution is 5.64. The number of hydrogen-bond donors (Lipinski definition) is 1. The van der Waals surface area contributed by atoms with Crippen molar-refractivity contribution in [3.05, 3.63) is 82.3 Å². The minimum atomic E-state index is -0.0961. The van der Waals surface area contributed by atoms with E-state index in [4.69, 9.17) is 5.73 Å². The molecule has 1 aliphatic carbocycles. The van der Waals surface area contributed by atoms with Crippen molar-refractivity contribution < 1.29 is 0 Å². The van der Waals surface area contributed by atoms with Crippen molar-refractivity contribution in [2.45, 2.75) is 18.3 Å². The Morgan fingerprint density at radius 3 is 2.50 bits per heavy atom. The molecule has 0 spiro atoms. The van der Waals surface area contributed by atoms with E-state index < -0.39 is 0 Å². The molecule has 24 heavy (non-hydrogen) atoms. The number of nitrogen functional groups attached to an aromatic ring is 1. The number of nitrogens with two attached hydrogens (primary N) is 1. The lowest BCUT2D eigenvalue weighted by Gasteiger charge is -2.07. The van der Waals surface area contributed by atoms with E-state index in [0.717, 1.165) is 12.1 Å². The van der Waals surface area contributed by atoms with Crippen LogP contribution in [0.1, 0.15) is 29.5 Å². The predicted octanol–water partition coefficient (Wildman–Crippen LogP) is 3.30. The zero-order chi connectivity index (χ0) is 16.7. The quantitative estimate of drug-likeness (QED) is 0.806. The van der Waals surface area contributed by atoms with E-state index in [-0.39, 0.29) is 17.4 Å². The van der Waals surface area contributed by atoms with Gasteiger partial charge in [0.05, 0.1) is 5.69 Å². The Bertz CT molecular complexity index is 947. The molecular weight excluding hydrogens is 298 g/mol. The maximum absolute atomic E-state index is 11.9. The van der Waals surface area contributed by atoms with Gasteiger partial charge in [0, 0.05) is 19.0 Å². The fourth-order valence-electron chi connectivity index (χ4n) is 3.24. The van der Waals surface area contributed by atoms with Crippen LogP contribution in [0.4, 0.5) is 5.95 Å². The topological polar surface area (TPSA) is 60.9 Å². The van der Waals surface area contributed by atoms with E-state index in [1.807, 2.05) is 18.2 Å². The lowest BCUT2D eigenvalue weighted by atomic mass is 10.00. The zero-order valence-electron chi connectivity index (χ0n) is 13.5. The number of aromatic nitrogens is 2. The second-order valence-electron chi connectivity index (χ2n) is 6.38. The highest BCUT2D eigenvalue weighted by Gasteiger charge is 2.41. The van der Waals surface area contributed by atoms with Gasteiger partial charge in [-0.05, 0) is 29.0 Å². The van der Waals surface area contributed by atoms with Gasteiger partial charge >= 0.3 is 0 Å². The van der Waals surface area contributed by atoms with Crippen LogP contribution >= 0.6 is 0 Å². The van der Waals surface area contributed by atoms with Crippen molar-refractivity contribution >= 4 is 5.95 Å². The lowest BCUT2D eigenvalue weighted by molar-refractivity contribution is 0.813. The molecule has 4 rings (SSSR count). The first-order valence-corrected chi connectivity index (χ1v) is 8.12. The summed E-state index contributed by atoms with van der Waals surface area (Å²) in [4.78, 5) is 16.3. The van der Waals surface area contributed by atoms with Gasteiger partial charge in [-0.2, -0.15) is 0 Å². The molecule has 2 N–H and O–H groups in total. The Labute approximate surface area is 140 Å². The van der Waals surface area contributed by atoms with Crippen LogP contribution in [0, 0.1) is 0 Å². The van der Waals surface area contributed by atoms with Crippen molar-refractivity contribution in [3.63, 3.8) is 0 Å². The Hall–Kier alpha value is -2.88. The van der Waals surface area contributed by atoms with Crippen molar-refractivity contribution in [2.75, 3.05) is 5.73 Å². The molecular formula is C20H19N3O. The molecule has 0 amide bonds. The Morgan fingerprint density at radius 1 is 1.00 bits per heavy atom. The molecule has 1 saturated carbocycles. The summed E-state index contributed by atoms with van der Waals surface area (Å²) in [5.41, 5.74) is 10.3. The molecule has 1 aliphatic rings. The molecule has 3 aromatic rings. The summed E-state index contributed by atoms with van der Waals surface area (Å²) in [6.07, 6.45) is 1.01.